The van der Waals surface area contributed by atoms with E-state index in [0.717, 1.165) is 0 Å². The molecule has 5 nitrogen and oxygen atoms in total. The van der Waals surface area contributed by atoms with Gasteiger partial charge >= 0.3 is 0 Å². The Kier molecular flexibility index (Phi) is 1.45. The van der Waals surface area contributed by atoms with Gasteiger partial charge in [0.2, 0.25) is 5.97 Å². The normalized spacial score (nSPS) is 12.0. The molecule has 0 saturated heterocycles. The summed E-state index contributed by atoms with van der Waals surface area (Å²) in [7, 11) is 0. The third-order valence-corrected chi connectivity index (χ3v) is 0.204. The molecule has 0 aliphatic rings. The van der Waals surface area contributed by atoms with Crippen LogP contribution in [0.5, 0.6) is 0 Å². The summed E-state index contributed by atoms with van der Waals surface area (Å²) in [5, 5.41) is 0. The van der Waals surface area contributed by atoms with Crippen molar-refractivity contribution in [2.75, 3.05) is 0 Å². The van der Waals surface area contributed by atoms with Crippen molar-refractivity contribution in [1.29, 1.82) is 0 Å². The lowest BCUT2D eigenvalue weighted by atomic mass is 10.9. The topological polar surface area (TPSA) is 113 Å². The standard InChI is InChI=1S/CH8N4O/c2-1(3,4)6-5/h2-5H2. The number of nitrogens with two attached hydrogens (primary N) is 4. The molecule has 6 heavy (non-hydrogen) atoms. The lowest BCUT2D eigenvalue weighted by molar-refractivity contribution is -0.0340. The molecule has 0 bridgehead atoms. The summed E-state index contributed by atoms with van der Waals surface area (Å²) in [5.74, 6) is 2.75. The van der Waals surface area contributed by atoms with Crippen LogP contribution in [0.2, 0.25) is 0 Å². The molecule has 8 N–H and O–H groups in total. The minimum Gasteiger partial charge on any atom is -0.276 e. The Morgan fingerprint density at radius 1 is 1.17 bits per heavy atom. The molecule has 38 valence electrons. The van der Waals surface area contributed by atoms with Gasteiger partial charge in [-0.25, -0.2) is 5.90 Å². The molecule has 0 unspecified atom stereocenters. The van der Waals surface area contributed by atoms with Gasteiger partial charge in [-0.2, -0.15) is 0 Å². The number of hydrogen-bond donors (Lipinski definition) is 4. The minimum atomic E-state index is -1.68. The van der Waals surface area contributed by atoms with Gasteiger partial charge in [0.1, 0.15) is 0 Å². The highest BCUT2D eigenvalue weighted by molar-refractivity contribution is 4.45. The maximum absolute atomic E-state index is 4.74. The lowest BCUT2D eigenvalue weighted by Gasteiger charge is -2.12. The van der Waals surface area contributed by atoms with Crippen molar-refractivity contribution in [3.05, 3.63) is 0 Å². The molecule has 0 spiro atoms. The second-order valence-corrected chi connectivity index (χ2v) is 0.971. The van der Waals surface area contributed by atoms with Gasteiger partial charge in [0.15, 0.2) is 0 Å². The Hall–Kier alpha value is -0.200. The zero-order valence-corrected chi connectivity index (χ0v) is 3.22. The summed E-state index contributed by atoms with van der Waals surface area (Å²) in [6.45, 7) is 0. The Labute approximate surface area is 35.2 Å². The molecule has 0 aromatic heterocycles. The smallest absolute Gasteiger partial charge is 0.245 e. The van der Waals surface area contributed by atoms with Gasteiger partial charge in [-0.15, -0.1) is 0 Å². The first-order valence-electron chi connectivity index (χ1n) is 1.31. The Bertz CT molecular complexity index is 37.3. The molecule has 0 amide bonds. The molecule has 0 fully saturated rings. The van der Waals surface area contributed by atoms with Crippen molar-refractivity contribution in [1.82, 2.24) is 0 Å². The maximum atomic E-state index is 4.74. The average molecular weight is 92.1 g/mol. The summed E-state index contributed by atoms with van der Waals surface area (Å²) in [4.78, 5) is 3.77. The Morgan fingerprint density at radius 2 is 1.33 bits per heavy atom. The highest BCUT2D eigenvalue weighted by atomic mass is 16.7. The molecule has 0 radical (unpaired) electrons. The van der Waals surface area contributed by atoms with Gasteiger partial charge in [0.25, 0.3) is 0 Å². The molecule has 5 heteroatoms. The van der Waals surface area contributed by atoms with Gasteiger partial charge in [-0.05, 0) is 0 Å². The first kappa shape index (κ1) is 5.80. The van der Waals surface area contributed by atoms with Crippen LogP contribution in [0.15, 0.2) is 0 Å². The second-order valence-electron chi connectivity index (χ2n) is 0.971. The van der Waals surface area contributed by atoms with Crippen LogP contribution in [-0.4, -0.2) is 5.97 Å². The minimum absolute atomic E-state index is 1.68. The Morgan fingerprint density at radius 3 is 1.33 bits per heavy atom. The summed E-state index contributed by atoms with van der Waals surface area (Å²) in [6, 6.07) is 0. The van der Waals surface area contributed by atoms with E-state index in [1.165, 1.54) is 0 Å². The number of hydrogen-bond acceptors (Lipinski definition) is 5. The van der Waals surface area contributed by atoms with E-state index < -0.39 is 5.97 Å². The highest BCUT2D eigenvalue weighted by Gasteiger charge is 2.06. The van der Waals surface area contributed by atoms with E-state index in [-0.39, 0.29) is 0 Å². The van der Waals surface area contributed by atoms with E-state index in [0.29, 0.717) is 0 Å². The zero-order valence-electron chi connectivity index (χ0n) is 3.22. The molecule has 0 heterocycles. The quantitative estimate of drug-likeness (QED) is 0.208. The van der Waals surface area contributed by atoms with Gasteiger partial charge in [0, 0.05) is 0 Å². The van der Waals surface area contributed by atoms with Crippen molar-refractivity contribution in [2.45, 2.75) is 5.97 Å². The monoisotopic (exact) mass is 92.1 g/mol. The maximum Gasteiger partial charge on any atom is 0.245 e. The molecule has 0 saturated carbocycles. The van der Waals surface area contributed by atoms with E-state index in [9.17, 15) is 0 Å². The molecule has 0 aliphatic heterocycles. The molecule has 0 aromatic rings. The highest BCUT2D eigenvalue weighted by Crippen LogP contribution is 1.66. The van der Waals surface area contributed by atoms with Crippen LogP contribution in [0, 0.1) is 0 Å². The fourth-order valence-electron chi connectivity index (χ4n) is 0. The first-order valence-corrected chi connectivity index (χ1v) is 1.31. The van der Waals surface area contributed by atoms with E-state index in [4.69, 9.17) is 17.2 Å². The van der Waals surface area contributed by atoms with Crippen LogP contribution >= 0.6 is 0 Å². The largest absolute Gasteiger partial charge is 0.276 e. The molecule has 0 atom stereocenters. The third-order valence-electron chi connectivity index (χ3n) is 0.204. The van der Waals surface area contributed by atoms with Crippen LogP contribution in [0.3, 0.4) is 0 Å². The van der Waals surface area contributed by atoms with E-state index in [1.54, 1.807) is 0 Å². The summed E-state index contributed by atoms with van der Waals surface area (Å²) in [6.07, 6.45) is 0. The molecular weight excluding hydrogens is 84.0 g/mol. The predicted molar refractivity (Wildman–Crippen MR) is 20.6 cm³/mol. The van der Waals surface area contributed by atoms with Crippen molar-refractivity contribution < 1.29 is 4.84 Å². The number of rotatable bonds is 1. The van der Waals surface area contributed by atoms with Crippen LogP contribution in [0.1, 0.15) is 0 Å². The van der Waals surface area contributed by atoms with Gasteiger partial charge in [0.05, 0.1) is 0 Å². The van der Waals surface area contributed by atoms with E-state index in [1.807, 2.05) is 0 Å². The average Bonchev–Trinajstić information content (AvgIpc) is 1.35. The molecule has 0 aromatic carbocycles. The van der Waals surface area contributed by atoms with Crippen LogP contribution in [0.4, 0.5) is 0 Å². The van der Waals surface area contributed by atoms with Crippen molar-refractivity contribution >= 4 is 0 Å². The summed E-state index contributed by atoms with van der Waals surface area (Å²) in [5.41, 5.74) is 14.2. The van der Waals surface area contributed by atoms with E-state index >= 15 is 0 Å². The molecule has 0 rings (SSSR count). The SMILES string of the molecule is NOC(N)(N)N. The molecular formula is CH8N4O. The van der Waals surface area contributed by atoms with Gasteiger partial charge in [-0.1, -0.05) is 0 Å². The van der Waals surface area contributed by atoms with Crippen molar-refractivity contribution in [2.24, 2.45) is 23.1 Å². The van der Waals surface area contributed by atoms with E-state index in [2.05, 4.69) is 10.7 Å². The Balaban J connectivity index is 3.17. The van der Waals surface area contributed by atoms with Crippen LogP contribution < -0.4 is 23.1 Å². The van der Waals surface area contributed by atoms with Crippen molar-refractivity contribution in [3.8, 4) is 0 Å². The van der Waals surface area contributed by atoms with Gasteiger partial charge in [-0.3, -0.25) is 22.0 Å². The fraction of sp³-hybridized carbons (Fsp3) is 1.00. The fourth-order valence-corrected chi connectivity index (χ4v) is 0. The zero-order chi connectivity index (χ0) is 5.21. The van der Waals surface area contributed by atoms with Crippen LogP contribution in [0.25, 0.3) is 0 Å². The van der Waals surface area contributed by atoms with Crippen LogP contribution in [-0.2, 0) is 4.84 Å². The van der Waals surface area contributed by atoms with Crippen molar-refractivity contribution in [3.63, 3.8) is 0 Å². The lowest BCUT2D eigenvalue weighted by Crippen LogP contribution is -2.61. The second kappa shape index (κ2) is 1.50. The molecule has 0 aliphatic carbocycles. The summed E-state index contributed by atoms with van der Waals surface area (Å²) >= 11 is 0. The summed E-state index contributed by atoms with van der Waals surface area (Å²) < 4.78 is 0. The van der Waals surface area contributed by atoms with Gasteiger partial charge < -0.3 is 0 Å². The third kappa shape index (κ3) is 3.80. The first-order chi connectivity index (χ1) is 2.56. The predicted octanol–water partition coefficient (Wildman–Crippen LogP) is -2.64.